The third kappa shape index (κ3) is 3.63. The summed E-state index contributed by atoms with van der Waals surface area (Å²) in [6.07, 6.45) is 0. The van der Waals surface area contributed by atoms with E-state index in [2.05, 4.69) is 4.98 Å². The van der Waals surface area contributed by atoms with E-state index in [-0.39, 0.29) is 0 Å². The van der Waals surface area contributed by atoms with Gasteiger partial charge in [0.15, 0.2) is 5.76 Å². The number of hydrogen-bond donors (Lipinski definition) is 1. The Kier molecular flexibility index (Phi) is 4.92. The van der Waals surface area contributed by atoms with Crippen LogP contribution in [0.1, 0.15) is 6.92 Å². The molecule has 4 nitrogen and oxygen atoms in total. The van der Waals surface area contributed by atoms with Gasteiger partial charge in [0, 0.05) is 16.1 Å². The second kappa shape index (κ2) is 7.11. The SMILES string of the molecule is CC(Sc1nc(-c2cccc(Cl)c2)c(-c2ccccc2)o1)C(=O)O. The highest BCUT2D eigenvalue weighted by atomic mass is 35.5. The number of carboxylic acid groups (broad SMARTS) is 1. The van der Waals surface area contributed by atoms with Crippen LogP contribution in [0.5, 0.6) is 0 Å². The minimum absolute atomic E-state index is 0.318. The molecule has 6 heteroatoms. The van der Waals surface area contributed by atoms with Crippen LogP contribution >= 0.6 is 23.4 Å². The van der Waals surface area contributed by atoms with Crippen LogP contribution in [0, 0.1) is 0 Å². The number of rotatable bonds is 5. The van der Waals surface area contributed by atoms with Crippen molar-refractivity contribution in [1.82, 2.24) is 4.98 Å². The molecule has 1 N–H and O–H groups in total. The third-order valence-corrected chi connectivity index (χ3v) is 4.53. The Morgan fingerprint density at radius 2 is 1.88 bits per heavy atom. The standard InChI is InChI=1S/C18H14ClNO3S/c1-11(17(21)22)24-18-20-15(13-8-5-9-14(19)10-13)16(23-18)12-6-3-2-4-7-12/h2-11H,1H3,(H,21,22). The Bertz CT molecular complexity index is 864. The van der Waals surface area contributed by atoms with Crippen molar-refractivity contribution in [2.45, 2.75) is 17.4 Å². The summed E-state index contributed by atoms with van der Waals surface area (Å²) in [4.78, 5) is 15.6. The summed E-state index contributed by atoms with van der Waals surface area (Å²) in [6, 6.07) is 16.9. The van der Waals surface area contributed by atoms with Gasteiger partial charge in [-0.1, -0.05) is 65.8 Å². The normalized spacial score (nSPS) is 12.1. The third-order valence-electron chi connectivity index (χ3n) is 3.37. The second-order valence-corrected chi connectivity index (χ2v) is 6.86. The highest BCUT2D eigenvalue weighted by molar-refractivity contribution is 8.00. The van der Waals surface area contributed by atoms with E-state index in [9.17, 15) is 4.79 Å². The molecule has 3 aromatic rings. The van der Waals surface area contributed by atoms with Gasteiger partial charge in [-0.2, -0.15) is 0 Å². The lowest BCUT2D eigenvalue weighted by Crippen LogP contribution is -2.10. The lowest BCUT2D eigenvalue weighted by Gasteiger charge is -2.01. The number of hydrogen-bond acceptors (Lipinski definition) is 4. The van der Waals surface area contributed by atoms with Gasteiger partial charge in [0.25, 0.3) is 5.22 Å². The zero-order valence-corrected chi connectivity index (χ0v) is 14.3. The molecule has 1 aromatic heterocycles. The molecule has 0 saturated heterocycles. The molecule has 24 heavy (non-hydrogen) atoms. The van der Waals surface area contributed by atoms with Crippen LogP contribution in [-0.4, -0.2) is 21.3 Å². The molecule has 0 fully saturated rings. The summed E-state index contributed by atoms with van der Waals surface area (Å²) in [5.74, 6) is -0.318. The van der Waals surface area contributed by atoms with Crippen molar-refractivity contribution in [1.29, 1.82) is 0 Å². The highest BCUT2D eigenvalue weighted by Gasteiger charge is 2.21. The van der Waals surface area contributed by atoms with E-state index in [1.54, 1.807) is 19.1 Å². The van der Waals surface area contributed by atoms with Crippen LogP contribution in [0.3, 0.4) is 0 Å². The van der Waals surface area contributed by atoms with Crippen molar-refractivity contribution >= 4 is 29.3 Å². The van der Waals surface area contributed by atoms with Crippen LogP contribution in [0.4, 0.5) is 0 Å². The predicted octanol–water partition coefficient (Wildman–Crippen LogP) is 5.23. The van der Waals surface area contributed by atoms with Crippen molar-refractivity contribution in [2.75, 3.05) is 0 Å². The Morgan fingerprint density at radius 3 is 2.54 bits per heavy atom. The number of halogens is 1. The fraction of sp³-hybridized carbons (Fsp3) is 0.111. The molecule has 1 unspecified atom stereocenters. The highest BCUT2D eigenvalue weighted by Crippen LogP contribution is 2.37. The summed E-state index contributed by atoms with van der Waals surface area (Å²) in [7, 11) is 0. The Hall–Kier alpha value is -2.24. The summed E-state index contributed by atoms with van der Waals surface area (Å²) >= 11 is 7.15. The number of benzene rings is 2. The Labute approximate surface area is 148 Å². The molecule has 0 bridgehead atoms. The zero-order chi connectivity index (χ0) is 17.1. The quantitative estimate of drug-likeness (QED) is 0.632. The fourth-order valence-corrected chi connectivity index (χ4v) is 3.04. The first-order valence-electron chi connectivity index (χ1n) is 7.26. The van der Waals surface area contributed by atoms with Crippen LogP contribution in [-0.2, 0) is 4.79 Å². The molecule has 0 aliphatic heterocycles. The van der Waals surface area contributed by atoms with Crippen molar-refractivity contribution in [2.24, 2.45) is 0 Å². The van der Waals surface area contributed by atoms with Gasteiger partial charge in [-0.3, -0.25) is 4.79 Å². The monoisotopic (exact) mass is 359 g/mol. The van der Waals surface area contributed by atoms with Gasteiger partial charge in [0.2, 0.25) is 0 Å². The summed E-state index contributed by atoms with van der Waals surface area (Å²) in [5.41, 5.74) is 2.33. The fourth-order valence-electron chi connectivity index (χ4n) is 2.17. The number of nitrogens with zero attached hydrogens (tertiary/aromatic N) is 1. The van der Waals surface area contributed by atoms with E-state index in [0.717, 1.165) is 22.9 Å². The molecule has 2 aromatic carbocycles. The molecule has 1 heterocycles. The molecular weight excluding hydrogens is 346 g/mol. The van der Waals surface area contributed by atoms with Crippen LogP contribution in [0.2, 0.25) is 5.02 Å². The van der Waals surface area contributed by atoms with Crippen molar-refractivity contribution < 1.29 is 14.3 Å². The summed E-state index contributed by atoms with van der Waals surface area (Å²) in [6.45, 7) is 1.60. The van der Waals surface area contributed by atoms with E-state index in [0.29, 0.717) is 21.7 Å². The van der Waals surface area contributed by atoms with Gasteiger partial charge in [-0.25, -0.2) is 4.98 Å². The minimum atomic E-state index is -0.913. The van der Waals surface area contributed by atoms with Gasteiger partial charge in [-0.15, -0.1) is 0 Å². The molecule has 0 aliphatic carbocycles. The number of thioether (sulfide) groups is 1. The van der Waals surface area contributed by atoms with Crippen molar-refractivity contribution in [3.05, 3.63) is 59.6 Å². The van der Waals surface area contributed by atoms with Gasteiger partial charge >= 0.3 is 5.97 Å². The van der Waals surface area contributed by atoms with Gasteiger partial charge < -0.3 is 9.52 Å². The molecule has 3 rings (SSSR count). The van der Waals surface area contributed by atoms with Crippen LogP contribution in [0.25, 0.3) is 22.6 Å². The Balaban J connectivity index is 2.08. The maximum atomic E-state index is 11.1. The topological polar surface area (TPSA) is 63.3 Å². The smallest absolute Gasteiger partial charge is 0.316 e. The first kappa shape index (κ1) is 16.6. The van der Waals surface area contributed by atoms with E-state index >= 15 is 0 Å². The Morgan fingerprint density at radius 1 is 1.17 bits per heavy atom. The van der Waals surface area contributed by atoms with Gasteiger partial charge in [-0.05, 0) is 19.1 Å². The van der Waals surface area contributed by atoms with Crippen LogP contribution in [0.15, 0.2) is 64.2 Å². The molecule has 0 aliphatic rings. The number of carbonyl (C=O) groups is 1. The van der Waals surface area contributed by atoms with E-state index in [1.807, 2.05) is 42.5 Å². The first-order chi connectivity index (χ1) is 11.5. The molecule has 0 spiro atoms. The second-order valence-electron chi connectivity index (χ2n) is 5.13. The van der Waals surface area contributed by atoms with E-state index < -0.39 is 11.2 Å². The van der Waals surface area contributed by atoms with Crippen molar-refractivity contribution in [3.63, 3.8) is 0 Å². The summed E-state index contributed by atoms with van der Waals surface area (Å²) in [5, 5.41) is 9.35. The molecule has 122 valence electrons. The average molecular weight is 360 g/mol. The number of aromatic nitrogens is 1. The number of carboxylic acids is 1. The maximum absolute atomic E-state index is 11.1. The summed E-state index contributed by atoms with van der Waals surface area (Å²) < 4.78 is 5.86. The minimum Gasteiger partial charge on any atom is -0.480 e. The maximum Gasteiger partial charge on any atom is 0.316 e. The molecular formula is C18H14ClNO3S. The molecule has 0 radical (unpaired) electrons. The largest absolute Gasteiger partial charge is 0.480 e. The molecule has 1 atom stereocenters. The van der Waals surface area contributed by atoms with Crippen LogP contribution < -0.4 is 0 Å². The average Bonchev–Trinajstić information content (AvgIpc) is 2.99. The lowest BCUT2D eigenvalue weighted by molar-refractivity contribution is -0.136. The van der Waals surface area contributed by atoms with Gasteiger partial charge in [0.1, 0.15) is 10.9 Å². The van der Waals surface area contributed by atoms with Gasteiger partial charge in [0.05, 0.1) is 0 Å². The lowest BCUT2D eigenvalue weighted by atomic mass is 10.1. The van der Waals surface area contributed by atoms with Crippen molar-refractivity contribution in [3.8, 4) is 22.6 Å². The zero-order valence-electron chi connectivity index (χ0n) is 12.8. The number of aliphatic carboxylic acids is 1. The van der Waals surface area contributed by atoms with E-state index in [4.69, 9.17) is 21.1 Å². The number of oxazole rings is 1. The predicted molar refractivity (Wildman–Crippen MR) is 95.3 cm³/mol. The van der Waals surface area contributed by atoms with E-state index in [1.165, 1.54) is 0 Å². The first-order valence-corrected chi connectivity index (χ1v) is 8.52. The molecule has 0 amide bonds. The molecule has 0 saturated carbocycles.